The molecule has 1 saturated carbocycles. The number of rotatable bonds is 4. The van der Waals surface area contributed by atoms with Crippen LogP contribution in [-0.4, -0.2) is 11.6 Å². The zero-order chi connectivity index (χ0) is 16.7. The molecule has 0 spiro atoms. The lowest BCUT2D eigenvalue weighted by atomic mass is 9.97. The quantitative estimate of drug-likeness (QED) is 0.574. The van der Waals surface area contributed by atoms with E-state index in [2.05, 4.69) is 4.98 Å². The topological polar surface area (TPSA) is 22.1 Å². The zero-order valence-corrected chi connectivity index (χ0v) is 12.6. The summed E-state index contributed by atoms with van der Waals surface area (Å²) in [5.74, 6) is -0.698. The maximum absolute atomic E-state index is 13.1. The van der Waals surface area contributed by atoms with Gasteiger partial charge in [-0.1, -0.05) is 23.7 Å². The first kappa shape index (κ1) is 16.1. The van der Waals surface area contributed by atoms with Crippen molar-refractivity contribution < 1.29 is 22.3 Å². The highest BCUT2D eigenvalue weighted by molar-refractivity contribution is 6.30. The summed E-state index contributed by atoms with van der Waals surface area (Å²) in [6, 6.07) is 7.08. The first-order valence-corrected chi connectivity index (χ1v) is 7.30. The predicted octanol–water partition coefficient (Wildman–Crippen LogP) is 5.00. The molecule has 122 valence electrons. The van der Waals surface area contributed by atoms with Gasteiger partial charge in [0.1, 0.15) is 22.3 Å². The third-order valence-electron chi connectivity index (χ3n) is 3.96. The third kappa shape index (κ3) is 3.27. The Bertz CT molecular complexity index is 711. The summed E-state index contributed by atoms with van der Waals surface area (Å²) in [5.41, 5.74) is -0.587. The number of alkyl halides is 3. The molecule has 0 amide bonds. The number of aromatic nitrogens is 1. The second-order valence-electron chi connectivity index (χ2n) is 5.55. The molecule has 0 N–H and O–H groups in total. The van der Waals surface area contributed by atoms with Gasteiger partial charge in [0.2, 0.25) is 0 Å². The summed E-state index contributed by atoms with van der Waals surface area (Å²) in [7, 11) is 0. The van der Waals surface area contributed by atoms with Crippen LogP contribution in [0, 0.1) is 5.82 Å². The van der Waals surface area contributed by atoms with Crippen LogP contribution in [0.4, 0.5) is 17.6 Å². The summed E-state index contributed by atoms with van der Waals surface area (Å²) in [4.78, 5) is 3.46. The minimum atomic E-state index is -4.65. The smallest absolute Gasteiger partial charge is 0.422 e. The molecule has 0 bridgehead atoms. The normalized spacial score (nSPS) is 16.2. The van der Waals surface area contributed by atoms with Crippen LogP contribution in [0.2, 0.25) is 5.15 Å². The summed E-state index contributed by atoms with van der Waals surface area (Å²) < 4.78 is 57.6. The van der Waals surface area contributed by atoms with Crippen molar-refractivity contribution in [2.75, 3.05) is 6.61 Å². The number of hydrogen-bond donors (Lipinski definition) is 0. The average molecular weight is 346 g/mol. The maximum atomic E-state index is 13.1. The van der Waals surface area contributed by atoms with Gasteiger partial charge in [-0.3, -0.25) is 0 Å². The molecule has 0 radical (unpaired) electrons. The number of benzene rings is 1. The predicted molar refractivity (Wildman–Crippen MR) is 77.1 cm³/mol. The largest absolute Gasteiger partial charge is 0.492 e. The van der Waals surface area contributed by atoms with Crippen molar-refractivity contribution in [3.05, 3.63) is 58.6 Å². The fraction of sp³-hybridized carbons (Fsp3) is 0.312. The number of halogens is 5. The number of nitrogens with zero attached hydrogens (tertiary/aromatic N) is 1. The van der Waals surface area contributed by atoms with Crippen molar-refractivity contribution in [3.63, 3.8) is 0 Å². The van der Waals surface area contributed by atoms with Crippen molar-refractivity contribution in [2.45, 2.75) is 24.4 Å². The summed E-state index contributed by atoms with van der Waals surface area (Å²) in [6.45, 7) is 0.0715. The molecule has 2 nitrogen and oxygen atoms in total. The molecule has 0 aliphatic heterocycles. The molecule has 7 heteroatoms. The van der Waals surface area contributed by atoms with Crippen LogP contribution in [0.1, 0.15) is 24.0 Å². The molecule has 1 aliphatic carbocycles. The van der Waals surface area contributed by atoms with E-state index < -0.39 is 16.9 Å². The lowest BCUT2D eigenvalue weighted by Gasteiger charge is -2.19. The first-order chi connectivity index (χ1) is 10.8. The van der Waals surface area contributed by atoms with Crippen molar-refractivity contribution in [2.24, 2.45) is 0 Å². The lowest BCUT2D eigenvalue weighted by molar-refractivity contribution is -0.139. The van der Waals surface area contributed by atoms with E-state index in [0.717, 1.165) is 24.5 Å². The molecular formula is C16H12ClF4NO. The molecule has 0 saturated heterocycles. The van der Waals surface area contributed by atoms with E-state index in [-0.39, 0.29) is 23.6 Å². The molecule has 23 heavy (non-hydrogen) atoms. The van der Waals surface area contributed by atoms with Gasteiger partial charge in [-0.25, -0.2) is 9.37 Å². The Morgan fingerprint density at radius 3 is 2.35 bits per heavy atom. The van der Waals surface area contributed by atoms with Crippen LogP contribution in [0.15, 0.2) is 36.5 Å². The first-order valence-electron chi connectivity index (χ1n) is 6.92. The number of hydrogen-bond acceptors (Lipinski definition) is 2. The Morgan fingerprint density at radius 1 is 1.13 bits per heavy atom. The Kier molecular flexibility index (Phi) is 3.96. The summed E-state index contributed by atoms with van der Waals surface area (Å²) in [6.07, 6.45) is -1.92. The Balaban J connectivity index is 1.82. The average Bonchev–Trinajstić information content (AvgIpc) is 3.25. The van der Waals surface area contributed by atoms with Crippen molar-refractivity contribution in [1.29, 1.82) is 0 Å². The molecule has 1 heterocycles. The van der Waals surface area contributed by atoms with Gasteiger partial charge in [-0.15, -0.1) is 0 Å². The van der Waals surface area contributed by atoms with Gasteiger partial charge in [-0.2, -0.15) is 13.2 Å². The Morgan fingerprint density at radius 2 is 1.78 bits per heavy atom. The Labute approximate surface area is 135 Å². The van der Waals surface area contributed by atoms with E-state index in [9.17, 15) is 17.6 Å². The molecule has 0 atom stereocenters. The summed E-state index contributed by atoms with van der Waals surface area (Å²) >= 11 is 5.56. The van der Waals surface area contributed by atoms with Gasteiger partial charge >= 0.3 is 6.18 Å². The molecule has 1 aromatic heterocycles. The van der Waals surface area contributed by atoms with Crippen LogP contribution < -0.4 is 4.74 Å². The molecule has 3 rings (SSSR count). The number of pyridine rings is 1. The highest BCUT2D eigenvalue weighted by atomic mass is 35.5. The van der Waals surface area contributed by atoms with E-state index in [1.54, 1.807) is 12.1 Å². The number of ether oxygens (including phenoxy) is 1. The zero-order valence-electron chi connectivity index (χ0n) is 11.8. The van der Waals surface area contributed by atoms with Crippen LogP contribution >= 0.6 is 11.6 Å². The van der Waals surface area contributed by atoms with Crippen LogP contribution in [0.3, 0.4) is 0 Å². The standard InChI is InChI=1S/C16H12ClF4NO/c17-14-13(16(19,20)21)12(5-8-22-14)23-9-15(6-7-15)10-1-3-11(18)4-2-10/h1-5,8H,6-7,9H2. The van der Waals surface area contributed by atoms with E-state index >= 15 is 0 Å². The fourth-order valence-corrected chi connectivity index (χ4v) is 2.74. The van der Waals surface area contributed by atoms with Gasteiger partial charge in [0.15, 0.2) is 0 Å². The SMILES string of the molecule is Fc1ccc(C2(COc3ccnc(Cl)c3C(F)(F)F)CC2)cc1. The second-order valence-corrected chi connectivity index (χ2v) is 5.91. The van der Waals surface area contributed by atoms with Gasteiger partial charge in [-0.05, 0) is 36.6 Å². The molecule has 1 aliphatic rings. The van der Waals surface area contributed by atoms with Crippen LogP contribution in [-0.2, 0) is 11.6 Å². The monoisotopic (exact) mass is 345 g/mol. The van der Waals surface area contributed by atoms with Crippen molar-refractivity contribution in [1.82, 2.24) is 4.98 Å². The van der Waals surface area contributed by atoms with Gasteiger partial charge in [0.05, 0.1) is 6.61 Å². The maximum Gasteiger partial charge on any atom is 0.422 e. The fourth-order valence-electron chi connectivity index (χ4n) is 2.48. The van der Waals surface area contributed by atoms with E-state index in [1.807, 2.05) is 0 Å². The van der Waals surface area contributed by atoms with E-state index in [4.69, 9.17) is 16.3 Å². The second kappa shape index (κ2) is 5.67. The van der Waals surface area contributed by atoms with E-state index in [0.29, 0.717) is 0 Å². The van der Waals surface area contributed by atoms with Gasteiger partial charge < -0.3 is 4.74 Å². The molecule has 1 aromatic carbocycles. The minimum absolute atomic E-state index is 0.0715. The van der Waals surface area contributed by atoms with Gasteiger partial charge in [0.25, 0.3) is 0 Å². The summed E-state index contributed by atoms with van der Waals surface area (Å²) in [5, 5.41) is -0.637. The van der Waals surface area contributed by atoms with Crippen molar-refractivity contribution >= 4 is 11.6 Å². The van der Waals surface area contributed by atoms with Crippen molar-refractivity contribution in [3.8, 4) is 5.75 Å². The third-order valence-corrected chi connectivity index (χ3v) is 4.25. The molecule has 0 unspecified atom stereocenters. The molecular weight excluding hydrogens is 334 g/mol. The lowest BCUT2D eigenvalue weighted by Crippen LogP contribution is -2.19. The van der Waals surface area contributed by atoms with E-state index in [1.165, 1.54) is 18.3 Å². The molecule has 2 aromatic rings. The van der Waals surface area contributed by atoms with Crippen LogP contribution in [0.25, 0.3) is 0 Å². The molecule has 1 fully saturated rings. The van der Waals surface area contributed by atoms with Crippen LogP contribution in [0.5, 0.6) is 5.75 Å². The van der Waals surface area contributed by atoms with Gasteiger partial charge in [0, 0.05) is 11.6 Å². The highest BCUT2D eigenvalue weighted by Gasteiger charge is 2.46. The highest BCUT2D eigenvalue weighted by Crippen LogP contribution is 2.49. The minimum Gasteiger partial charge on any atom is -0.492 e. The Hall–Kier alpha value is -1.82.